The van der Waals surface area contributed by atoms with Gasteiger partial charge >= 0.3 is 0 Å². The van der Waals surface area contributed by atoms with E-state index in [1.165, 1.54) is 0 Å². The molecule has 0 radical (unpaired) electrons. The van der Waals surface area contributed by atoms with Gasteiger partial charge in [0.25, 0.3) is 0 Å². The van der Waals surface area contributed by atoms with E-state index in [4.69, 9.17) is 0 Å². The SMILES string of the molecule is Cc1cc(C(=O)/C=C/c2cc(Br)cs2)n(C)n1. The van der Waals surface area contributed by atoms with Crippen LogP contribution in [-0.4, -0.2) is 15.6 Å². The monoisotopic (exact) mass is 310 g/mol. The van der Waals surface area contributed by atoms with Gasteiger partial charge in [0.2, 0.25) is 5.78 Å². The van der Waals surface area contributed by atoms with Crippen LogP contribution in [0.4, 0.5) is 0 Å². The fraction of sp³-hybridized carbons (Fsp3) is 0.167. The Bertz CT molecular complexity index is 583. The number of carbonyl (C=O) groups excluding carboxylic acids is 1. The second-order valence-corrected chi connectivity index (χ2v) is 5.52. The number of nitrogens with zero attached hydrogens (tertiary/aromatic N) is 2. The van der Waals surface area contributed by atoms with Gasteiger partial charge in [-0.05, 0) is 47.1 Å². The molecule has 0 aliphatic carbocycles. The predicted molar refractivity (Wildman–Crippen MR) is 73.3 cm³/mol. The molecule has 2 aromatic heterocycles. The van der Waals surface area contributed by atoms with Gasteiger partial charge in [0.15, 0.2) is 0 Å². The van der Waals surface area contributed by atoms with Crippen molar-refractivity contribution >= 4 is 39.1 Å². The number of ketones is 1. The van der Waals surface area contributed by atoms with Crippen LogP contribution in [0.15, 0.2) is 28.1 Å². The molecule has 0 aromatic carbocycles. The zero-order valence-corrected chi connectivity index (χ0v) is 11.9. The van der Waals surface area contributed by atoms with Crippen molar-refractivity contribution in [1.29, 1.82) is 0 Å². The molecule has 17 heavy (non-hydrogen) atoms. The summed E-state index contributed by atoms with van der Waals surface area (Å²) in [5.41, 5.74) is 1.46. The molecule has 0 spiro atoms. The zero-order valence-electron chi connectivity index (χ0n) is 9.48. The summed E-state index contributed by atoms with van der Waals surface area (Å²) >= 11 is 4.96. The van der Waals surface area contributed by atoms with Crippen LogP contribution in [0, 0.1) is 6.92 Å². The lowest BCUT2D eigenvalue weighted by atomic mass is 10.2. The molecule has 0 aliphatic rings. The van der Waals surface area contributed by atoms with E-state index in [1.807, 2.05) is 24.4 Å². The molecule has 88 valence electrons. The molecule has 0 fully saturated rings. The third-order valence-electron chi connectivity index (χ3n) is 2.24. The van der Waals surface area contributed by atoms with Crippen LogP contribution in [0.5, 0.6) is 0 Å². The number of halogens is 1. The number of hydrogen-bond donors (Lipinski definition) is 0. The van der Waals surface area contributed by atoms with Crippen LogP contribution in [-0.2, 0) is 7.05 Å². The van der Waals surface area contributed by atoms with Gasteiger partial charge in [-0.15, -0.1) is 11.3 Å². The number of thiophene rings is 1. The Kier molecular flexibility index (Phi) is 3.59. The molecule has 0 aliphatic heterocycles. The molecule has 0 saturated heterocycles. The molecule has 0 unspecified atom stereocenters. The van der Waals surface area contributed by atoms with E-state index in [-0.39, 0.29) is 5.78 Å². The number of aromatic nitrogens is 2. The van der Waals surface area contributed by atoms with Gasteiger partial charge in [-0.25, -0.2) is 0 Å². The van der Waals surface area contributed by atoms with Crippen molar-refractivity contribution in [2.75, 3.05) is 0 Å². The fourth-order valence-electron chi connectivity index (χ4n) is 1.50. The van der Waals surface area contributed by atoms with E-state index in [0.717, 1.165) is 15.0 Å². The third-order valence-corrected chi connectivity index (χ3v) is 3.90. The standard InChI is InChI=1S/C12H11BrN2OS/c1-8-5-11(15(2)14-8)12(16)4-3-10-6-9(13)7-17-10/h3-7H,1-2H3/b4-3+. The van der Waals surface area contributed by atoms with E-state index in [1.54, 1.807) is 35.2 Å². The summed E-state index contributed by atoms with van der Waals surface area (Å²) in [6, 6.07) is 3.76. The second kappa shape index (κ2) is 4.98. The Morgan fingerprint density at radius 3 is 2.82 bits per heavy atom. The second-order valence-electron chi connectivity index (χ2n) is 3.66. The highest BCUT2D eigenvalue weighted by Crippen LogP contribution is 2.21. The highest BCUT2D eigenvalue weighted by molar-refractivity contribution is 9.10. The molecule has 2 rings (SSSR count). The molecule has 0 atom stereocenters. The molecule has 5 heteroatoms. The molecule has 0 N–H and O–H groups in total. The van der Waals surface area contributed by atoms with Crippen LogP contribution in [0.25, 0.3) is 6.08 Å². The first-order valence-electron chi connectivity index (χ1n) is 5.03. The number of rotatable bonds is 3. The Morgan fingerprint density at radius 1 is 1.53 bits per heavy atom. The quantitative estimate of drug-likeness (QED) is 0.643. The van der Waals surface area contributed by atoms with Crippen molar-refractivity contribution in [3.8, 4) is 0 Å². The van der Waals surface area contributed by atoms with Gasteiger partial charge in [-0.3, -0.25) is 9.48 Å². The fourth-order valence-corrected chi connectivity index (χ4v) is 2.84. The van der Waals surface area contributed by atoms with Crippen LogP contribution in [0.3, 0.4) is 0 Å². The lowest BCUT2D eigenvalue weighted by molar-refractivity contribution is 0.103. The Morgan fingerprint density at radius 2 is 2.29 bits per heavy atom. The largest absolute Gasteiger partial charge is 0.288 e. The Labute approximate surface area is 112 Å². The first-order valence-corrected chi connectivity index (χ1v) is 6.70. The molecule has 2 aromatic rings. The van der Waals surface area contributed by atoms with Crippen LogP contribution in [0.2, 0.25) is 0 Å². The molecule has 0 bridgehead atoms. The summed E-state index contributed by atoms with van der Waals surface area (Å²) < 4.78 is 2.64. The van der Waals surface area contributed by atoms with Crippen molar-refractivity contribution < 1.29 is 4.79 Å². The predicted octanol–water partition coefficient (Wildman–Crippen LogP) is 3.45. The molecule has 0 amide bonds. The third kappa shape index (κ3) is 2.92. The van der Waals surface area contributed by atoms with Crippen LogP contribution < -0.4 is 0 Å². The van der Waals surface area contributed by atoms with Crippen molar-refractivity contribution in [3.05, 3.63) is 44.3 Å². The first-order chi connectivity index (χ1) is 8.06. The van der Waals surface area contributed by atoms with Gasteiger partial charge in [0.1, 0.15) is 5.69 Å². The van der Waals surface area contributed by atoms with E-state index < -0.39 is 0 Å². The average Bonchev–Trinajstić information content (AvgIpc) is 2.81. The minimum absolute atomic E-state index is 0.0300. The number of carbonyl (C=O) groups is 1. The molecule has 0 saturated carbocycles. The zero-order chi connectivity index (χ0) is 12.4. The topological polar surface area (TPSA) is 34.9 Å². The highest BCUT2D eigenvalue weighted by atomic mass is 79.9. The Balaban J connectivity index is 2.17. The van der Waals surface area contributed by atoms with Gasteiger partial charge < -0.3 is 0 Å². The van der Waals surface area contributed by atoms with E-state index in [0.29, 0.717) is 5.69 Å². The molecular weight excluding hydrogens is 300 g/mol. The average molecular weight is 311 g/mol. The minimum atomic E-state index is -0.0300. The maximum Gasteiger partial charge on any atom is 0.203 e. The summed E-state index contributed by atoms with van der Waals surface area (Å²) in [6.45, 7) is 1.87. The number of hydrogen-bond acceptors (Lipinski definition) is 3. The molecule has 2 heterocycles. The maximum absolute atomic E-state index is 11.9. The lowest BCUT2D eigenvalue weighted by Gasteiger charge is -1.94. The molecule has 3 nitrogen and oxygen atoms in total. The van der Waals surface area contributed by atoms with E-state index in [9.17, 15) is 4.79 Å². The summed E-state index contributed by atoms with van der Waals surface area (Å²) in [6.07, 6.45) is 3.40. The van der Waals surface area contributed by atoms with E-state index in [2.05, 4.69) is 21.0 Å². The highest BCUT2D eigenvalue weighted by Gasteiger charge is 2.08. The van der Waals surface area contributed by atoms with Crippen LogP contribution >= 0.6 is 27.3 Å². The van der Waals surface area contributed by atoms with Crippen LogP contribution in [0.1, 0.15) is 21.1 Å². The molecular formula is C12H11BrN2OS. The summed E-state index contributed by atoms with van der Waals surface area (Å²) in [4.78, 5) is 12.9. The maximum atomic E-state index is 11.9. The summed E-state index contributed by atoms with van der Waals surface area (Å²) in [5, 5.41) is 6.13. The van der Waals surface area contributed by atoms with Gasteiger partial charge in [-0.1, -0.05) is 0 Å². The van der Waals surface area contributed by atoms with Gasteiger partial charge in [0, 0.05) is 21.8 Å². The van der Waals surface area contributed by atoms with E-state index >= 15 is 0 Å². The number of allylic oxidation sites excluding steroid dienone is 1. The minimum Gasteiger partial charge on any atom is -0.288 e. The lowest BCUT2D eigenvalue weighted by Crippen LogP contribution is -2.03. The van der Waals surface area contributed by atoms with Crippen molar-refractivity contribution in [2.45, 2.75) is 6.92 Å². The van der Waals surface area contributed by atoms with Crippen molar-refractivity contribution in [3.63, 3.8) is 0 Å². The first kappa shape index (κ1) is 12.3. The summed E-state index contributed by atoms with van der Waals surface area (Å²) in [7, 11) is 1.77. The Hall–Kier alpha value is -1.20. The van der Waals surface area contributed by atoms with Gasteiger partial charge in [0.05, 0.1) is 5.69 Å². The van der Waals surface area contributed by atoms with Gasteiger partial charge in [-0.2, -0.15) is 5.10 Å². The van der Waals surface area contributed by atoms with Crippen molar-refractivity contribution in [2.24, 2.45) is 7.05 Å². The summed E-state index contributed by atoms with van der Waals surface area (Å²) in [5.74, 6) is -0.0300. The van der Waals surface area contributed by atoms with Crippen molar-refractivity contribution in [1.82, 2.24) is 9.78 Å². The normalized spacial score (nSPS) is 11.2. The number of aryl methyl sites for hydroxylation is 2. The smallest absolute Gasteiger partial charge is 0.203 e.